The smallest absolute Gasteiger partial charge is 0.409 e. The summed E-state index contributed by atoms with van der Waals surface area (Å²) in [5.41, 5.74) is 0.325. The first-order valence-electron chi connectivity index (χ1n) is 9.80. The van der Waals surface area contributed by atoms with Crippen LogP contribution in [0.25, 0.3) is 0 Å². The van der Waals surface area contributed by atoms with Crippen LogP contribution in [0.15, 0.2) is 9.42 Å². The summed E-state index contributed by atoms with van der Waals surface area (Å²) < 4.78 is 37.3. The number of rotatable bonds is 3. The van der Waals surface area contributed by atoms with E-state index < -0.39 is 22.0 Å². The van der Waals surface area contributed by atoms with E-state index in [1.165, 1.54) is 11.4 Å². The lowest BCUT2D eigenvalue weighted by Crippen LogP contribution is -2.47. The molecule has 1 unspecified atom stereocenters. The van der Waals surface area contributed by atoms with Gasteiger partial charge in [-0.05, 0) is 33.1 Å². The van der Waals surface area contributed by atoms with E-state index in [0.29, 0.717) is 57.7 Å². The van der Waals surface area contributed by atoms with E-state index in [9.17, 15) is 18.0 Å². The molecule has 0 bridgehead atoms. The van der Waals surface area contributed by atoms with Crippen LogP contribution < -0.4 is 0 Å². The number of sulfonamides is 1. The highest BCUT2D eigenvalue weighted by Gasteiger charge is 2.38. The predicted molar refractivity (Wildman–Crippen MR) is 103 cm³/mol. The number of aryl methyl sites for hydroxylation is 2. The van der Waals surface area contributed by atoms with Crippen molar-refractivity contribution < 1.29 is 27.3 Å². The van der Waals surface area contributed by atoms with Crippen molar-refractivity contribution in [2.75, 3.05) is 46.4 Å². The van der Waals surface area contributed by atoms with Gasteiger partial charge >= 0.3 is 6.09 Å². The Bertz CT molecular complexity index is 848. The lowest BCUT2D eigenvalue weighted by Gasteiger charge is -2.34. The largest absolute Gasteiger partial charge is 0.453 e. The number of carbonyl (C=O) groups excluding carboxylic acids is 2. The van der Waals surface area contributed by atoms with Gasteiger partial charge < -0.3 is 19.1 Å². The second kappa shape index (κ2) is 8.70. The number of hydrogen-bond acceptors (Lipinski definition) is 7. The number of amides is 2. The summed E-state index contributed by atoms with van der Waals surface area (Å²) in [7, 11) is -2.43. The molecule has 0 aliphatic carbocycles. The number of aromatic nitrogens is 1. The maximum absolute atomic E-state index is 13.1. The molecule has 11 heteroatoms. The van der Waals surface area contributed by atoms with E-state index in [1.54, 1.807) is 23.6 Å². The highest BCUT2D eigenvalue weighted by Crippen LogP contribution is 2.28. The fourth-order valence-corrected chi connectivity index (χ4v) is 5.86. The van der Waals surface area contributed by atoms with Gasteiger partial charge in [-0.2, -0.15) is 4.31 Å². The van der Waals surface area contributed by atoms with Crippen molar-refractivity contribution in [3.8, 4) is 0 Å². The van der Waals surface area contributed by atoms with Gasteiger partial charge in [0.1, 0.15) is 10.6 Å². The molecule has 2 saturated heterocycles. The molecule has 0 radical (unpaired) electrons. The Kier molecular flexibility index (Phi) is 6.47. The van der Waals surface area contributed by atoms with Gasteiger partial charge in [0.05, 0.1) is 13.0 Å². The van der Waals surface area contributed by atoms with Crippen LogP contribution in [0, 0.1) is 19.8 Å². The maximum atomic E-state index is 13.1. The molecule has 10 nitrogen and oxygen atoms in total. The highest BCUT2D eigenvalue weighted by atomic mass is 32.2. The Hall–Kier alpha value is -2.14. The summed E-state index contributed by atoms with van der Waals surface area (Å²) in [5.74, 6) is -0.203. The number of ether oxygens (including phenoxy) is 1. The van der Waals surface area contributed by atoms with Gasteiger partial charge in [-0.15, -0.1) is 0 Å². The van der Waals surface area contributed by atoms with Crippen molar-refractivity contribution in [2.45, 2.75) is 38.0 Å². The highest BCUT2D eigenvalue weighted by molar-refractivity contribution is 7.89. The first-order valence-corrected chi connectivity index (χ1v) is 11.2. The molecule has 162 valence electrons. The molecule has 0 aromatic carbocycles. The van der Waals surface area contributed by atoms with E-state index in [1.807, 2.05) is 0 Å². The predicted octanol–water partition coefficient (Wildman–Crippen LogP) is 0.993. The van der Waals surface area contributed by atoms with Crippen LogP contribution in [-0.4, -0.2) is 86.1 Å². The van der Waals surface area contributed by atoms with Gasteiger partial charge in [-0.1, -0.05) is 5.16 Å². The van der Waals surface area contributed by atoms with Gasteiger partial charge in [0.15, 0.2) is 5.76 Å². The van der Waals surface area contributed by atoms with Crippen molar-refractivity contribution in [3.63, 3.8) is 0 Å². The summed E-state index contributed by atoms with van der Waals surface area (Å²) in [6.45, 7) is 5.58. The number of nitrogens with zero attached hydrogens (tertiary/aromatic N) is 4. The SMILES string of the molecule is COC(=O)N1CCCN(C(=O)C2CCCN(S(=O)(=O)c3c(C)noc3C)C2)CC1. The molecular weight excluding hydrogens is 400 g/mol. The Balaban J connectivity index is 1.69. The van der Waals surface area contributed by atoms with Gasteiger partial charge in [0.2, 0.25) is 15.9 Å². The van der Waals surface area contributed by atoms with Gasteiger partial charge in [0.25, 0.3) is 0 Å². The van der Waals surface area contributed by atoms with Crippen LogP contribution in [0.5, 0.6) is 0 Å². The molecule has 2 fully saturated rings. The molecule has 2 aliphatic rings. The standard InChI is InChI=1S/C18H28N4O6S/c1-13-16(14(2)28-19-13)29(25,26)22-9-4-6-15(12-22)17(23)20-7-5-8-21(11-10-20)18(24)27-3/h15H,4-12H2,1-3H3. The van der Waals surface area contributed by atoms with Gasteiger partial charge in [0, 0.05) is 39.3 Å². The van der Waals surface area contributed by atoms with E-state index >= 15 is 0 Å². The van der Waals surface area contributed by atoms with Crippen LogP contribution in [-0.2, 0) is 19.6 Å². The molecule has 0 N–H and O–H groups in total. The van der Waals surface area contributed by atoms with Crippen molar-refractivity contribution in [1.82, 2.24) is 19.3 Å². The van der Waals surface area contributed by atoms with Crippen LogP contribution in [0.2, 0.25) is 0 Å². The minimum atomic E-state index is -3.77. The molecule has 3 heterocycles. The van der Waals surface area contributed by atoms with E-state index in [0.717, 1.165) is 0 Å². The average molecular weight is 429 g/mol. The summed E-state index contributed by atoms with van der Waals surface area (Å²) in [6.07, 6.45) is 1.52. The Morgan fingerprint density at radius 3 is 2.41 bits per heavy atom. The molecule has 2 amide bonds. The number of hydrogen-bond donors (Lipinski definition) is 0. The first kappa shape index (κ1) is 21.6. The molecule has 29 heavy (non-hydrogen) atoms. The van der Waals surface area contributed by atoms with Crippen molar-refractivity contribution >= 4 is 22.0 Å². The molecule has 0 spiro atoms. The zero-order valence-electron chi connectivity index (χ0n) is 17.1. The van der Waals surface area contributed by atoms with Crippen molar-refractivity contribution in [1.29, 1.82) is 0 Å². The number of methoxy groups -OCH3 is 1. The Morgan fingerprint density at radius 2 is 1.76 bits per heavy atom. The second-order valence-electron chi connectivity index (χ2n) is 7.49. The topological polar surface area (TPSA) is 113 Å². The third kappa shape index (κ3) is 4.40. The third-order valence-electron chi connectivity index (χ3n) is 5.54. The minimum absolute atomic E-state index is 0.0598. The molecule has 2 aliphatic heterocycles. The maximum Gasteiger partial charge on any atom is 0.409 e. The second-order valence-corrected chi connectivity index (χ2v) is 9.37. The quantitative estimate of drug-likeness (QED) is 0.705. The third-order valence-corrected chi connectivity index (χ3v) is 7.65. The molecule has 3 rings (SSSR count). The van der Waals surface area contributed by atoms with Gasteiger partial charge in [-0.25, -0.2) is 13.2 Å². The van der Waals surface area contributed by atoms with Crippen LogP contribution >= 0.6 is 0 Å². The Labute approximate surface area is 170 Å². The fourth-order valence-electron chi connectivity index (χ4n) is 4.04. The molecular formula is C18H28N4O6S. The lowest BCUT2D eigenvalue weighted by molar-refractivity contribution is -0.136. The lowest BCUT2D eigenvalue weighted by atomic mass is 9.98. The van der Waals surface area contributed by atoms with E-state index in [-0.39, 0.29) is 23.1 Å². The van der Waals surface area contributed by atoms with Crippen molar-refractivity contribution in [3.05, 3.63) is 11.5 Å². The monoisotopic (exact) mass is 428 g/mol. The zero-order valence-corrected chi connectivity index (χ0v) is 17.9. The van der Waals surface area contributed by atoms with E-state index in [2.05, 4.69) is 5.16 Å². The van der Waals surface area contributed by atoms with Crippen LogP contribution in [0.4, 0.5) is 4.79 Å². The number of piperidine rings is 1. The molecule has 1 aromatic heterocycles. The summed E-state index contributed by atoms with van der Waals surface area (Å²) >= 11 is 0. The van der Waals surface area contributed by atoms with E-state index in [4.69, 9.17) is 9.26 Å². The molecule has 0 saturated carbocycles. The summed E-state index contributed by atoms with van der Waals surface area (Å²) in [5, 5.41) is 3.75. The number of carbonyl (C=O) groups is 2. The minimum Gasteiger partial charge on any atom is -0.453 e. The summed E-state index contributed by atoms with van der Waals surface area (Å²) in [4.78, 5) is 28.2. The van der Waals surface area contributed by atoms with Crippen LogP contribution in [0.3, 0.4) is 0 Å². The molecule has 1 atom stereocenters. The normalized spacial score (nSPS) is 21.7. The first-order chi connectivity index (χ1) is 13.8. The zero-order chi connectivity index (χ0) is 21.2. The summed E-state index contributed by atoms with van der Waals surface area (Å²) in [6, 6.07) is 0. The van der Waals surface area contributed by atoms with Gasteiger partial charge in [-0.3, -0.25) is 4.79 Å². The van der Waals surface area contributed by atoms with Crippen LogP contribution in [0.1, 0.15) is 30.7 Å². The average Bonchev–Trinajstić information content (AvgIpc) is 2.92. The fraction of sp³-hybridized carbons (Fsp3) is 0.722. The molecule has 1 aromatic rings. The van der Waals surface area contributed by atoms with Crippen molar-refractivity contribution in [2.24, 2.45) is 5.92 Å². The Morgan fingerprint density at radius 1 is 1.07 bits per heavy atom.